The fourth-order valence-corrected chi connectivity index (χ4v) is 1.84. The number of piperidine rings is 1. The van der Waals surface area contributed by atoms with Gasteiger partial charge in [0, 0.05) is 13.1 Å². The highest BCUT2D eigenvalue weighted by atomic mass is 32.1. The van der Waals surface area contributed by atoms with Crippen LogP contribution in [0.1, 0.15) is 26.7 Å². The van der Waals surface area contributed by atoms with Gasteiger partial charge in [-0.15, -0.1) is 0 Å². The zero-order valence-corrected chi connectivity index (χ0v) is 9.05. The van der Waals surface area contributed by atoms with Crippen LogP contribution in [0, 0.1) is 0 Å². The van der Waals surface area contributed by atoms with Gasteiger partial charge in [0.1, 0.15) is 0 Å². The number of rotatable bonds is 1. The first-order valence-electron chi connectivity index (χ1n) is 4.62. The molecule has 1 aliphatic rings. The second kappa shape index (κ2) is 3.88. The topological polar surface area (TPSA) is 40.5 Å². The van der Waals surface area contributed by atoms with Gasteiger partial charge in [-0.25, -0.2) is 0 Å². The molecule has 1 saturated heterocycles. The zero-order valence-electron chi connectivity index (χ0n) is 8.16. The van der Waals surface area contributed by atoms with Crippen LogP contribution in [0.4, 0.5) is 0 Å². The van der Waals surface area contributed by atoms with Gasteiger partial charge < -0.3 is 10.0 Å². The van der Waals surface area contributed by atoms with Crippen molar-refractivity contribution < 1.29 is 9.90 Å². The minimum absolute atomic E-state index is 0.0170. The molecular formula is C9H17NO2S. The van der Waals surface area contributed by atoms with Crippen LogP contribution in [-0.2, 0) is 4.79 Å². The van der Waals surface area contributed by atoms with Crippen LogP contribution < -0.4 is 0 Å². The van der Waals surface area contributed by atoms with Crippen LogP contribution in [0.25, 0.3) is 0 Å². The number of carbonyl (C=O) groups excluding carboxylic acids is 1. The number of likely N-dealkylation sites (tertiary alicyclic amines) is 1. The van der Waals surface area contributed by atoms with Gasteiger partial charge in [0.2, 0.25) is 5.91 Å². The largest absolute Gasteiger partial charge is 0.388 e. The molecule has 1 amide bonds. The molecule has 4 heteroatoms. The molecule has 0 bridgehead atoms. The molecule has 1 aliphatic heterocycles. The minimum atomic E-state index is -0.712. The van der Waals surface area contributed by atoms with E-state index in [1.165, 1.54) is 0 Å². The van der Waals surface area contributed by atoms with Crippen LogP contribution in [-0.4, -0.2) is 39.9 Å². The molecule has 1 fully saturated rings. The molecule has 1 N–H and O–H groups in total. The second-order valence-electron chi connectivity index (χ2n) is 4.04. The summed E-state index contributed by atoms with van der Waals surface area (Å²) in [6.45, 7) is 4.72. The lowest BCUT2D eigenvalue weighted by molar-refractivity contribution is -0.136. The van der Waals surface area contributed by atoms with Gasteiger partial charge in [0.05, 0.1) is 10.9 Å². The van der Waals surface area contributed by atoms with Gasteiger partial charge in [-0.3, -0.25) is 4.79 Å². The minimum Gasteiger partial charge on any atom is -0.388 e. The lowest BCUT2D eigenvalue weighted by Gasteiger charge is -2.37. The van der Waals surface area contributed by atoms with Crippen molar-refractivity contribution >= 4 is 18.5 Å². The van der Waals surface area contributed by atoms with Crippen LogP contribution in [0.5, 0.6) is 0 Å². The summed E-state index contributed by atoms with van der Waals surface area (Å²) < 4.78 is 0. The van der Waals surface area contributed by atoms with E-state index >= 15 is 0 Å². The van der Waals surface area contributed by atoms with E-state index in [1.807, 2.05) is 0 Å². The molecule has 0 aromatic heterocycles. The third-order valence-corrected chi connectivity index (χ3v) is 2.56. The van der Waals surface area contributed by atoms with Crippen molar-refractivity contribution in [1.29, 1.82) is 0 Å². The molecule has 1 heterocycles. The van der Waals surface area contributed by atoms with Crippen molar-refractivity contribution in [3.63, 3.8) is 0 Å². The van der Waals surface area contributed by atoms with Gasteiger partial charge in [0.15, 0.2) is 0 Å². The number of aliphatic hydroxyl groups is 1. The molecule has 0 radical (unpaired) electrons. The van der Waals surface area contributed by atoms with Crippen molar-refractivity contribution in [2.45, 2.75) is 37.5 Å². The molecule has 0 aromatic rings. The summed E-state index contributed by atoms with van der Waals surface area (Å²) in [6.07, 6.45) is 1.65. The summed E-state index contributed by atoms with van der Waals surface area (Å²) in [5.41, 5.74) is -0.712. The van der Waals surface area contributed by atoms with Crippen LogP contribution in [0.15, 0.2) is 0 Å². The maximum Gasteiger partial charge on any atom is 0.235 e. The number of thiol groups is 1. The molecule has 1 rings (SSSR count). The molecule has 2 atom stereocenters. The van der Waals surface area contributed by atoms with Gasteiger partial charge in [-0.1, -0.05) is 0 Å². The second-order valence-corrected chi connectivity index (χ2v) is 4.81. The smallest absolute Gasteiger partial charge is 0.235 e. The fourth-order valence-electron chi connectivity index (χ4n) is 1.67. The lowest BCUT2D eigenvalue weighted by atomic mass is 9.95. The van der Waals surface area contributed by atoms with Crippen LogP contribution in [0.2, 0.25) is 0 Å². The van der Waals surface area contributed by atoms with Gasteiger partial charge in [-0.2, -0.15) is 12.6 Å². The SMILES string of the molecule is CC(S)C(=O)N1CCCC(C)(O)C1. The fraction of sp³-hybridized carbons (Fsp3) is 0.889. The highest BCUT2D eigenvalue weighted by Gasteiger charge is 2.31. The monoisotopic (exact) mass is 203 g/mol. The predicted octanol–water partition coefficient (Wildman–Crippen LogP) is 0.678. The lowest BCUT2D eigenvalue weighted by Crippen LogP contribution is -2.50. The van der Waals surface area contributed by atoms with Gasteiger partial charge in [-0.05, 0) is 26.7 Å². The number of carbonyl (C=O) groups is 1. The summed E-state index contributed by atoms with van der Waals surface area (Å²) in [5.74, 6) is 0.0170. The summed E-state index contributed by atoms with van der Waals surface area (Å²) in [5, 5.41) is 9.49. The Morgan fingerprint density at radius 3 is 2.77 bits per heavy atom. The first kappa shape index (κ1) is 10.9. The van der Waals surface area contributed by atoms with E-state index in [4.69, 9.17) is 0 Å². The Morgan fingerprint density at radius 1 is 1.69 bits per heavy atom. The Labute approximate surface area is 84.5 Å². The highest BCUT2D eigenvalue weighted by Crippen LogP contribution is 2.21. The van der Waals surface area contributed by atoms with E-state index in [2.05, 4.69) is 12.6 Å². The number of β-amino-alcohol motifs (C(OH)–C–C–N with tert-alkyl or cyclic N) is 1. The van der Waals surface area contributed by atoms with E-state index in [1.54, 1.807) is 18.7 Å². The van der Waals surface area contributed by atoms with E-state index in [9.17, 15) is 9.90 Å². The summed E-state index contributed by atoms with van der Waals surface area (Å²) in [7, 11) is 0. The Kier molecular flexibility index (Phi) is 3.24. The van der Waals surface area contributed by atoms with Crippen LogP contribution in [0.3, 0.4) is 0 Å². The number of hydrogen-bond donors (Lipinski definition) is 2. The Hall–Kier alpha value is -0.220. The van der Waals surface area contributed by atoms with E-state index in [-0.39, 0.29) is 11.2 Å². The Bertz CT molecular complexity index is 204. The average Bonchev–Trinajstić information content (AvgIpc) is 2.01. The first-order chi connectivity index (χ1) is 5.92. The number of nitrogens with zero attached hydrogens (tertiary/aromatic N) is 1. The quantitative estimate of drug-likeness (QED) is 0.615. The maximum atomic E-state index is 11.5. The molecule has 0 aromatic carbocycles. The third kappa shape index (κ3) is 2.88. The first-order valence-corrected chi connectivity index (χ1v) is 5.13. The Morgan fingerprint density at radius 2 is 2.31 bits per heavy atom. The van der Waals surface area contributed by atoms with E-state index in [0.29, 0.717) is 6.54 Å². The molecule has 13 heavy (non-hydrogen) atoms. The molecule has 2 unspecified atom stereocenters. The summed E-state index contributed by atoms with van der Waals surface area (Å²) in [6, 6.07) is 0. The predicted molar refractivity (Wildman–Crippen MR) is 54.9 cm³/mol. The zero-order chi connectivity index (χ0) is 10.1. The number of hydrogen-bond acceptors (Lipinski definition) is 3. The van der Waals surface area contributed by atoms with Crippen molar-refractivity contribution in [2.75, 3.05) is 13.1 Å². The van der Waals surface area contributed by atoms with Gasteiger partial charge in [0.25, 0.3) is 0 Å². The number of amides is 1. The van der Waals surface area contributed by atoms with Gasteiger partial charge >= 0.3 is 0 Å². The molecule has 0 saturated carbocycles. The molecule has 3 nitrogen and oxygen atoms in total. The average molecular weight is 203 g/mol. The standard InChI is InChI=1S/C9H17NO2S/c1-7(13)8(11)10-5-3-4-9(2,12)6-10/h7,12-13H,3-6H2,1-2H3. The van der Waals surface area contributed by atoms with Crippen LogP contribution >= 0.6 is 12.6 Å². The third-order valence-electron chi connectivity index (χ3n) is 2.34. The van der Waals surface area contributed by atoms with Crippen molar-refractivity contribution in [3.8, 4) is 0 Å². The summed E-state index contributed by atoms with van der Waals surface area (Å²) in [4.78, 5) is 13.2. The molecular weight excluding hydrogens is 186 g/mol. The van der Waals surface area contributed by atoms with Crippen molar-refractivity contribution in [2.24, 2.45) is 0 Å². The van der Waals surface area contributed by atoms with Crippen molar-refractivity contribution in [3.05, 3.63) is 0 Å². The highest BCUT2D eigenvalue weighted by molar-refractivity contribution is 7.81. The molecule has 0 spiro atoms. The molecule has 0 aliphatic carbocycles. The molecule has 76 valence electrons. The maximum absolute atomic E-state index is 11.5. The van der Waals surface area contributed by atoms with E-state index in [0.717, 1.165) is 19.4 Å². The Balaban J connectivity index is 2.57. The van der Waals surface area contributed by atoms with E-state index < -0.39 is 5.60 Å². The normalized spacial score (nSPS) is 31.5. The van der Waals surface area contributed by atoms with Crippen molar-refractivity contribution in [1.82, 2.24) is 4.90 Å². The summed E-state index contributed by atoms with van der Waals surface area (Å²) >= 11 is 4.09.